The van der Waals surface area contributed by atoms with Gasteiger partial charge in [-0.3, -0.25) is 4.79 Å². The smallest absolute Gasteiger partial charge is 0.255 e. The summed E-state index contributed by atoms with van der Waals surface area (Å²) in [5.41, 5.74) is 3.30. The molecule has 1 amide bonds. The van der Waals surface area contributed by atoms with E-state index in [-0.39, 0.29) is 12.0 Å². The Labute approximate surface area is 202 Å². The molecule has 170 valence electrons. The average molecular weight is 471 g/mol. The third kappa shape index (κ3) is 4.35. The van der Waals surface area contributed by atoms with Crippen molar-refractivity contribution in [2.45, 2.75) is 26.4 Å². The minimum Gasteiger partial charge on any atom is -0.491 e. The number of carbonyl (C=O) groups is 1. The van der Waals surface area contributed by atoms with Crippen molar-refractivity contribution in [3.63, 3.8) is 0 Å². The number of benzene rings is 4. The van der Waals surface area contributed by atoms with E-state index in [4.69, 9.17) is 20.8 Å². The fourth-order valence-corrected chi connectivity index (χ4v) is 4.05. The first kappa shape index (κ1) is 22.0. The zero-order chi connectivity index (χ0) is 23.7. The predicted octanol–water partition coefficient (Wildman–Crippen LogP) is 7.73. The molecule has 0 radical (unpaired) electrons. The first-order valence-corrected chi connectivity index (χ1v) is 11.6. The summed E-state index contributed by atoms with van der Waals surface area (Å²) in [5, 5.41) is 5.53. The van der Waals surface area contributed by atoms with Crippen molar-refractivity contribution in [1.29, 1.82) is 0 Å². The van der Waals surface area contributed by atoms with Gasteiger partial charge in [0.15, 0.2) is 5.58 Å². The Morgan fingerprint density at radius 3 is 2.68 bits per heavy atom. The van der Waals surface area contributed by atoms with Gasteiger partial charge < -0.3 is 14.5 Å². The lowest BCUT2D eigenvalue weighted by Gasteiger charge is -2.13. The second-order valence-corrected chi connectivity index (χ2v) is 8.57. The van der Waals surface area contributed by atoms with Gasteiger partial charge in [0.1, 0.15) is 11.3 Å². The van der Waals surface area contributed by atoms with Gasteiger partial charge in [-0.05, 0) is 67.3 Å². The van der Waals surface area contributed by atoms with E-state index >= 15 is 0 Å². The number of anilines is 1. The van der Waals surface area contributed by atoms with Gasteiger partial charge in [0.05, 0.1) is 6.10 Å². The number of rotatable bonds is 6. The molecule has 1 aromatic heterocycles. The molecule has 0 fully saturated rings. The van der Waals surface area contributed by atoms with E-state index in [0.29, 0.717) is 39.0 Å². The highest BCUT2D eigenvalue weighted by molar-refractivity contribution is 6.35. The van der Waals surface area contributed by atoms with Crippen LogP contribution in [0.25, 0.3) is 33.3 Å². The molecule has 4 aromatic carbocycles. The summed E-state index contributed by atoms with van der Waals surface area (Å²) in [4.78, 5) is 17.5. The second-order valence-electron chi connectivity index (χ2n) is 8.16. The molecular formula is C28H23ClN2O3. The Morgan fingerprint density at radius 1 is 1.03 bits per heavy atom. The SMILES string of the molecule is CCC(C)Oc1cccc(C(=O)Nc2ccc3oc(-c4cccc5c(Cl)cccc45)nc3c2)c1. The largest absolute Gasteiger partial charge is 0.491 e. The Kier molecular flexibility index (Phi) is 5.95. The van der Waals surface area contributed by atoms with Crippen molar-refractivity contribution in [3.8, 4) is 17.2 Å². The number of hydrogen-bond acceptors (Lipinski definition) is 4. The van der Waals surface area contributed by atoms with Gasteiger partial charge in [-0.25, -0.2) is 4.98 Å². The second kappa shape index (κ2) is 9.20. The molecule has 0 spiro atoms. The van der Waals surface area contributed by atoms with Crippen LogP contribution in [0.5, 0.6) is 5.75 Å². The quantitative estimate of drug-likeness (QED) is 0.275. The minimum absolute atomic E-state index is 0.0832. The highest BCUT2D eigenvalue weighted by Gasteiger charge is 2.14. The zero-order valence-corrected chi connectivity index (χ0v) is 19.6. The molecule has 0 bridgehead atoms. The van der Waals surface area contributed by atoms with Crippen molar-refractivity contribution < 1.29 is 13.9 Å². The van der Waals surface area contributed by atoms with Gasteiger partial charge in [0, 0.05) is 27.2 Å². The van der Waals surface area contributed by atoms with E-state index in [0.717, 1.165) is 22.8 Å². The Bertz CT molecular complexity index is 1510. The Balaban J connectivity index is 1.42. The Morgan fingerprint density at radius 2 is 1.82 bits per heavy atom. The van der Waals surface area contributed by atoms with Crippen LogP contribution < -0.4 is 10.1 Å². The summed E-state index contributed by atoms with van der Waals surface area (Å²) >= 11 is 6.36. The molecule has 0 saturated heterocycles. The molecule has 5 aromatic rings. The summed E-state index contributed by atoms with van der Waals surface area (Å²) in [6, 6.07) is 24.2. The van der Waals surface area contributed by atoms with Gasteiger partial charge in [-0.2, -0.15) is 0 Å². The first-order chi connectivity index (χ1) is 16.5. The highest BCUT2D eigenvalue weighted by Crippen LogP contribution is 2.34. The number of nitrogens with zero attached hydrogens (tertiary/aromatic N) is 1. The van der Waals surface area contributed by atoms with E-state index in [1.807, 2.05) is 61.5 Å². The molecular weight excluding hydrogens is 448 g/mol. The van der Waals surface area contributed by atoms with E-state index in [1.165, 1.54) is 0 Å². The summed E-state index contributed by atoms with van der Waals surface area (Å²) in [7, 11) is 0. The van der Waals surface area contributed by atoms with E-state index in [1.54, 1.807) is 24.3 Å². The maximum absolute atomic E-state index is 12.8. The molecule has 5 nitrogen and oxygen atoms in total. The molecule has 1 unspecified atom stereocenters. The van der Waals surface area contributed by atoms with Gasteiger partial charge in [0.25, 0.3) is 5.91 Å². The van der Waals surface area contributed by atoms with Crippen LogP contribution in [0, 0.1) is 0 Å². The summed E-state index contributed by atoms with van der Waals surface area (Å²) < 4.78 is 11.9. The number of fused-ring (bicyclic) bond motifs is 2. The average Bonchev–Trinajstić information content (AvgIpc) is 3.27. The molecule has 5 rings (SSSR count). The molecule has 34 heavy (non-hydrogen) atoms. The normalized spacial score (nSPS) is 12.1. The lowest BCUT2D eigenvalue weighted by atomic mass is 10.0. The van der Waals surface area contributed by atoms with Crippen molar-refractivity contribution in [3.05, 3.63) is 89.4 Å². The van der Waals surface area contributed by atoms with Crippen LogP contribution in [-0.2, 0) is 0 Å². The van der Waals surface area contributed by atoms with E-state index < -0.39 is 0 Å². The number of ether oxygens (including phenoxy) is 1. The minimum atomic E-state index is -0.221. The van der Waals surface area contributed by atoms with Crippen LogP contribution >= 0.6 is 11.6 Å². The highest BCUT2D eigenvalue weighted by atomic mass is 35.5. The van der Waals surface area contributed by atoms with Gasteiger partial charge in [-0.1, -0.05) is 48.9 Å². The Hall–Kier alpha value is -3.83. The summed E-state index contributed by atoms with van der Waals surface area (Å²) in [5.74, 6) is 0.955. The van der Waals surface area contributed by atoms with Gasteiger partial charge >= 0.3 is 0 Å². The fraction of sp³-hybridized carbons (Fsp3) is 0.143. The number of halogens is 1. The third-order valence-corrected chi connectivity index (χ3v) is 6.08. The number of carbonyl (C=O) groups excluding carboxylic acids is 1. The van der Waals surface area contributed by atoms with Crippen molar-refractivity contribution in [2.75, 3.05) is 5.32 Å². The monoisotopic (exact) mass is 470 g/mol. The molecule has 6 heteroatoms. The molecule has 0 saturated carbocycles. The van der Waals surface area contributed by atoms with Crippen molar-refractivity contribution >= 4 is 45.1 Å². The molecule has 1 N–H and O–H groups in total. The molecule has 1 heterocycles. The van der Waals surface area contributed by atoms with Crippen LogP contribution in [0.15, 0.2) is 83.3 Å². The van der Waals surface area contributed by atoms with Crippen molar-refractivity contribution in [1.82, 2.24) is 4.98 Å². The summed E-state index contributed by atoms with van der Waals surface area (Å²) in [6.07, 6.45) is 0.974. The van der Waals surface area contributed by atoms with Crippen LogP contribution in [0.2, 0.25) is 5.02 Å². The fourth-order valence-electron chi connectivity index (χ4n) is 3.81. The van der Waals surface area contributed by atoms with Crippen LogP contribution in [-0.4, -0.2) is 17.0 Å². The number of amides is 1. The number of nitrogens with one attached hydrogen (secondary N) is 1. The molecule has 1 atom stereocenters. The molecule has 0 aliphatic heterocycles. The standard InChI is InChI=1S/C28H23ClN2O3/c1-3-17(2)33-20-8-4-7-18(15-20)27(32)30-19-13-14-26-25(16-19)31-28(34-26)23-11-5-10-22-21(23)9-6-12-24(22)29/h4-17H,3H2,1-2H3,(H,30,32). The lowest BCUT2D eigenvalue weighted by molar-refractivity contribution is 0.102. The van der Waals surface area contributed by atoms with Gasteiger partial charge in [-0.15, -0.1) is 0 Å². The molecule has 0 aliphatic rings. The first-order valence-electron chi connectivity index (χ1n) is 11.2. The number of hydrogen-bond donors (Lipinski definition) is 1. The molecule has 0 aliphatic carbocycles. The maximum Gasteiger partial charge on any atom is 0.255 e. The van der Waals surface area contributed by atoms with Crippen molar-refractivity contribution in [2.24, 2.45) is 0 Å². The number of aromatic nitrogens is 1. The van der Waals surface area contributed by atoms with Crippen LogP contribution in [0.3, 0.4) is 0 Å². The van der Waals surface area contributed by atoms with Crippen LogP contribution in [0.4, 0.5) is 5.69 Å². The lowest BCUT2D eigenvalue weighted by Crippen LogP contribution is -2.13. The van der Waals surface area contributed by atoms with E-state index in [9.17, 15) is 4.79 Å². The maximum atomic E-state index is 12.8. The van der Waals surface area contributed by atoms with Gasteiger partial charge in [0.2, 0.25) is 5.89 Å². The summed E-state index contributed by atoms with van der Waals surface area (Å²) in [6.45, 7) is 4.06. The van der Waals surface area contributed by atoms with E-state index in [2.05, 4.69) is 17.2 Å². The van der Waals surface area contributed by atoms with Crippen LogP contribution in [0.1, 0.15) is 30.6 Å². The zero-order valence-electron chi connectivity index (χ0n) is 18.8. The third-order valence-electron chi connectivity index (χ3n) is 5.75. The predicted molar refractivity (Wildman–Crippen MR) is 137 cm³/mol. The number of oxazole rings is 1. The topological polar surface area (TPSA) is 64.4 Å².